The lowest BCUT2D eigenvalue weighted by Gasteiger charge is -2.12. The van der Waals surface area contributed by atoms with Crippen molar-refractivity contribution in [2.45, 2.75) is 19.5 Å². The maximum absolute atomic E-state index is 12.8. The fraction of sp³-hybridized carbons (Fsp3) is 0.308. The van der Waals surface area contributed by atoms with Crippen molar-refractivity contribution in [3.63, 3.8) is 0 Å². The number of pyridine rings is 1. The third kappa shape index (κ3) is 3.53. The number of nitrogens with zero attached hydrogens (tertiary/aromatic N) is 3. The van der Waals surface area contributed by atoms with Gasteiger partial charge in [-0.25, -0.2) is 4.39 Å². The normalized spacial score (nSPS) is 11.9. The predicted molar refractivity (Wildman–Crippen MR) is 72.5 cm³/mol. The molecule has 0 aliphatic rings. The summed E-state index contributed by atoms with van der Waals surface area (Å²) in [5.41, 5.74) is 1.50. The third-order valence-corrected chi connectivity index (χ3v) is 2.79. The number of carbonyl (C=O) groups excluding carboxylic acids is 1. The first-order valence-electron chi connectivity index (χ1n) is 6.19. The molecule has 1 unspecified atom stereocenters. The molecule has 0 fully saturated rings. The van der Waals surface area contributed by atoms with Crippen molar-refractivity contribution in [2.75, 3.05) is 12.4 Å². The summed E-state index contributed by atoms with van der Waals surface area (Å²) >= 11 is 0. The molecule has 6 nitrogen and oxygen atoms in total. The van der Waals surface area contributed by atoms with Crippen LogP contribution in [0.25, 0.3) is 0 Å². The van der Waals surface area contributed by atoms with Crippen LogP contribution in [-0.4, -0.2) is 27.7 Å². The summed E-state index contributed by atoms with van der Waals surface area (Å²) in [6.07, 6.45) is 4.54. The zero-order chi connectivity index (χ0) is 14.5. The van der Waals surface area contributed by atoms with Gasteiger partial charge in [-0.3, -0.25) is 14.5 Å². The number of rotatable bonds is 5. The van der Waals surface area contributed by atoms with Crippen LogP contribution in [0.1, 0.15) is 18.7 Å². The first-order valence-corrected chi connectivity index (χ1v) is 6.19. The van der Waals surface area contributed by atoms with Crippen LogP contribution in [0.3, 0.4) is 0 Å². The number of halogens is 1. The fourth-order valence-corrected chi connectivity index (χ4v) is 1.72. The van der Waals surface area contributed by atoms with Crippen LogP contribution in [0.4, 0.5) is 10.1 Å². The van der Waals surface area contributed by atoms with Gasteiger partial charge >= 0.3 is 0 Å². The standard InChI is InChI=1S/C13H16FN5O/c1-9(12-4-3-10(14)5-16-12)18-11-6-17-19(7-11)8-13(20)15-2/h3-7,9,18H,8H2,1-2H3,(H,15,20). The lowest BCUT2D eigenvalue weighted by atomic mass is 10.2. The average Bonchev–Trinajstić information content (AvgIpc) is 2.86. The van der Waals surface area contributed by atoms with E-state index in [1.165, 1.54) is 16.9 Å². The van der Waals surface area contributed by atoms with Crippen LogP contribution in [0.5, 0.6) is 0 Å². The number of hydrogen-bond donors (Lipinski definition) is 2. The highest BCUT2D eigenvalue weighted by Crippen LogP contribution is 2.16. The van der Waals surface area contributed by atoms with E-state index in [-0.39, 0.29) is 24.3 Å². The van der Waals surface area contributed by atoms with E-state index in [1.54, 1.807) is 25.5 Å². The quantitative estimate of drug-likeness (QED) is 0.865. The molecule has 0 aliphatic heterocycles. The summed E-state index contributed by atoms with van der Waals surface area (Å²) in [6.45, 7) is 2.08. The highest BCUT2D eigenvalue weighted by Gasteiger charge is 2.09. The molecule has 106 valence electrons. The number of likely N-dealkylation sites (N-methyl/N-ethyl adjacent to an activating group) is 1. The van der Waals surface area contributed by atoms with Gasteiger partial charge in [-0.2, -0.15) is 5.10 Å². The first kappa shape index (κ1) is 14.0. The van der Waals surface area contributed by atoms with Gasteiger partial charge in [0.05, 0.1) is 29.8 Å². The second kappa shape index (κ2) is 6.14. The van der Waals surface area contributed by atoms with Gasteiger partial charge in [-0.1, -0.05) is 0 Å². The van der Waals surface area contributed by atoms with E-state index in [4.69, 9.17) is 0 Å². The van der Waals surface area contributed by atoms with E-state index < -0.39 is 0 Å². The van der Waals surface area contributed by atoms with Crippen LogP contribution >= 0.6 is 0 Å². The molecule has 20 heavy (non-hydrogen) atoms. The molecule has 0 spiro atoms. The largest absolute Gasteiger partial charge is 0.374 e. The smallest absolute Gasteiger partial charge is 0.241 e. The Kier molecular flexibility index (Phi) is 4.29. The molecule has 2 N–H and O–H groups in total. The van der Waals surface area contributed by atoms with Crippen LogP contribution in [0.2, 0.25) is 0 Å². The zero-order valence-corrected chi connectivity index (χ0v) is 11.3. The summed E-state index contributed by atoms with van der Waals surface area (Å²) < 4.78 is 14.3. The summed E-state index contributed by atoms with van der Waals surface area (Å²) in [4.78, 5) is 15.2. The number of anilines is 1. The molecule has 2 heterocycles. The number of amides is 1. The van der Waals surface area contributed by atoms with Crippen LogP contribution in [0, 0.1) is 5.82 Å². The Morgan fingerprint density at radius 2 is 2.25 bits per heavy atom. The lowest BCUT2D eigenvalue weighted by molar-refractivity contribution is -0.121. The van der Waals surface area contributed by atoms with Gasteiger partial charge in [-0.15, -0.1) is 0 Å². The fourth-order valence-electron chi connectivity index (χ4n) is 1.72. The van der Waals surface area contributed by atoms with Gasteiger partial charge in [0.25, 0.3) is 0 Å². The summed E-state index contributed by atoms with van der Waals surface area (Å²) in [6, 6.07) is 2.91. The Morgan fingerprint density at radius 1 is 1.45 bits per heavy atom. The summed E-state index contributed by atoms with van der Waals surface area (Å²) in [5.74, 6) is -0.479. The molecule has 0 saturated heterocycles. The molecule has 0 aliphatic carbocycles. The molecule has 7 heteroatoms. The molecule has 0 radical (unpaired) electrons. The summed E-state index contributed by atoms with van der Waals surface area (Å²) in [5, 5.41) is 9.80. The Balaban J connectivity index is 1.99. The summed E-state index contributed by atoms with van der Waals surface area (Å²) in [7, 11) is 1.58. The molecule has 2 aromatic heterocycles. The van der Waals surface area contributed by atoms with E-state index in [9.17, 15) is 9.18 Å². The van der Waals surface area contributed by atoms with E-state index >= 15 is 0 Å². The maximum Gasteiger partial charge on any atom is 0.241 e. The van der Waals surface area contributed by atoms with Crippen molar-refractivity contribution < 1.29 is 9.18 Å². The van der Waals surface area contributed by atoms with Crippen molar-refractivity contribution >= 4 is 11.6 Å². The predicted octanol–water partition coefficient (Wildman–Crippen LogP) is 1.34. The Bertz CT molecular complexity index is 581. The van der Waals surface area contributed by atoms with Crippen LogP contribution < -0.4 is 10.6 Å². The van der Waals surface area contributed by atoms with Gasteiger partial charge in [0.2, 0.25) is 5.91 Å². The van der Waals surface area contributed by atoms with Crippen molar-refractivity contribution in [3.05, 3.63) is 42.2 Å². The van der Waals surface area contributed by atoms with Gasteiger partial charge in [0.15, 0.2) is 0 Å². The molecule has 0 aromatic carbocycles. The molecular formula is C13H16FN5O. The van der Waals surface area contributed by atoms with E-state index in [1.807, 2.05) is 6.92 Å². The van der Waals surface area contributed by atoms with Crippen molar-refractivity contribution in [1.29, 1.82) is 0 Å². The second-order valence-corrected chi connectivity index (χ2v) is 4.37. The molecule has 2 aromatic rings. The number of nitrogens with one attached hydrogen (secondary N) is 2. The van der Waals surface area contributed by atoms with E-state index in [0.29, 0.717) is 0 Å². The second-order valence-electron chi connectivity index (χ2n) is 4.37. The maximum atomic E-state index is 12.8. The molecule has 0 bridgehead atoms. The van der Waals surface area contributed by atoms with Crippen LogP contribution in [-0.2, 0) is 11.3 Å². The Morgan fingerprint density at radius 3 is 2.90 bits per heavy atom. The van der Waals surface area contributed by atoms with Crippen LogP contribution in [0.15, 0.2) is 30.7 Å². The van der Waals surface area contributed by atoms with Crippen molar-refractivity contribution in [2.24, 2.45) is 0 Å². The van der Waals surface area contributed by atoms with Gasteiger partial charge < -0.3 is 10.6 Å². The SMILES string of the molecule is CNC(=O)Cn1cc(NC(C)c2ccc(F)cn2)cn1. The monoisotopic (exact) mass is 277 g/mol. The van der Waals surface area contributed by atoms with Gasteiger partial charge in [0, 0.05) is 13.2 Å². The Hall–Kier alpha value is -2.44. The molecule has 1 atom stereocenters. The topological polar surface area (TPSA) is 71.8 Å². The molecular weight excluding hydrogens is 261 g/mol. The molecule has 2 rings (SSSR count). The highest BCUT2D eigenvalue weighted by molar-refractivity contribution is 5.75. The minimum absolute atomic E-state index is 0.0896. The Labute approximate surface area is 116 Å². The minimum atomic E-state index is -0.362. The first-order chi connectivity index (χ1) is 9.58. The van der Waals surface area contributed by atoms with E-state index in [2.05, 4.69) is 20.7 Å². The van der Waals surface area contributed by atoms with Crippen molar-refractivity contribution in [1.82, 2.24) is 20.1 Å². The minimum Gasteiger partial charge on any atom is -0.374 e. The average molecular weight is 277 g/mol. The highest BCUT2D eigenvalue weighted by atomic mass is 19.1. The van der Waals surface area contributed by atoms with Gasteiger partial charge in [0.1, 0.15) is 12.4 Å². The zero-order valence-electron chi connectivity index (χ0n) is 11.3. The van der Waals surface area contributed by atoms with E-state index in [0.717, 1.165) is 11.4 Å². The number of hydrogen-bond acceptors (Lipinski definition) is 4. The molecule has 0 saturated carbocycles. The third-order valence-electron chi connectivity index (χ3n) is 2.79. The molecule has 1 amide bonds. The lowest BCUT2D eigenvalue weighted by Crippen LogP contribution is -2.23. The number of carbonyl (C=O) groups is 1. The number of aromatic nitrogens is 3. The van der Waals surface area contributed by atoms with Gasteiger partial charge in [-0.05, 0) is 19.1 Å². The van der Waals surface area contributed by atoms with Crippen molar-refractivity contribution in [3.8, 4) is 0 Å².